The van der Waals surface area contributed by atoms with Gasteiger partial charge in [0.15, 0.2) is 0 Å². The molecule has 0 heterocycles. The van der Waals surface area contributed by atoms with E-state index in [1.807, 2.05) is 18.2 Å². The van der Waals surface area contributed by atoms with Gasteiger partial charge in [0.05, 0.1) is 5.38 Å². The fourth-order valence-electron chi connectivity index (χ4n) is 1.80. The third-order valence-corrected chi connectivity index (χ3v) is 4.05. The van der Waals surface area contributed by atoms with Crippen LogP contribution in [0.5, 0.6) is 0 Å². The van der Waals surface area contributed by atoms with Gasteiger partial charge in [-0.3, -0.25) is 0 Å². The third kappa shape index (κ3) is 3.50. The van der Waals surface area contributed by atoms with Gasteiger partial charge in [-0.1, -0.05) is 63.4 Å². The Morgan fingerprint density at radius 1 is 1.11 bits per heavy atom. The second kappa shape index (κ2) is 6.10. The Hall–Kier alpha value is -0.500. The first-order valence-electron chi connectivity index (χ1n) is 5.71. The van der Waals surface area contributed by atoms with Crippen LogP contribution in [-0.4, -0.2) is 0 Å². The molecule has 2 rings (SSSR count). The van der Waals surface area contributed by atoms with Gasteiger partial charge in [0, 0.05) is 9.50 Å². The summed E-state index contributed by atoms with van der Waals surface area (Å²) in [4.78, 5) is 0. The van der Waals surface area contributed by atoms with Crippen molar-refractivity contribution in [3.8, 4) is 0 Å². The lowest BCUT2D eigenvalue weighted by molar-refractivity contribution is 0.919. The van der Waals surface area contributed by atoms with Crippen molar-refractivity contribution in [2.75, 3.05) is 0 Å². The van der Waals surface area contributed by atoms with Crippen LogP contribution in [-0.2, 0) is 6.42 Å². The average molecular weight is 344 g/mol. The fourth-order valence-corrected chi connectivity index (χ4v) is 3.03. The van der Waals surface area contributed by atoms with E-state index >= 15 is 0 Å². The van der Waals surface area contributed by atoms with E-state index < -0.39 is 0 Å². The van der Waals surface area contributed by atoms with Crippen molar-refractivity contribution in [1.82, 2.24) is 0 Å². The van der Waals surface area contributed by atoms with Gasteiger partial charge in [0.25, 0.3) is 0 Å². The Morgan fingerprint density at radius 2 is 1.78 bits per heavy atom. The summed E-state index contributed by atoms with van der Waals surface area (Å²) in [5.74, 6) is 0. The van der Waals surface area contributed by atoms with E-state index in [9.17, 15) is 0 Å². The van der Waals surface area contributed by atoms with E-state index in [4.69, 9.17) is 23.2 Å². The second-order valence-electron chi connectivity index (χ2n) is 4.32. The molecule has 0 bridgehead atoms. The van der Waals surface area contributed by atoms with Gasteiger partial charge in [-0.15, -0.1) is 11.6 Å². The largest absolute Gasteiger partial charge is 0.117 e. The molecule has 94 valence electrons. The van der Waals surface area contributed by atoms with Crippen molar-refractivity contribution in [3.05, 3.63) is 68.7 Å². The zero-order valence-corrected chi connectivity index (χ0v) is 13.1. The molecule has 1 unspecified atom stereocenters. The molecule has 0 aliphatic heterocycles. The summed E-state index contributed by atoms with van der Waals surface area (Å²) in [6, 6.07) is 14.2. The zero-order chi connectivity index (χ0) is 13.1. The molecular weight excluding hydrogens is 331 g/mol. The van der Waals surface area contributed by atoms with Crippen LogP contribution in [0.25, 0.3) is 0 Å². The van der Waals surface area contributed by atoms with Crippen molar-refractivity contribution in [1.29, 1.82) is 0 Å². The summed E-state index contributed by atoms with van der Waals surface area (Å²) in [5.41, 5.74) is 3.45. The summed E-state index contributed by atoms with van der Waals surface area (Å²) < 4.78 is 0.968. The van der Waals surface area contributed by atoms with Crippen LogP contribution in [0.1, 0.15) is 22.1 Å². The molecule has 3 heteroatoms. The minimum Gasteiger partial charge on any atom is -0.117 e. The van der Waals surface area contributed by atoms with Crippen LogP contribution < -0.4 is 0 Å². The summed E-state index contributed by atoms with van der Waals surface area (Å²) in [6.07, 6.45) is 0.781. The average Bonchev–Trinajstić information content (AvgIpc) is 2.32. The maximum absolute atomic E-state index is 6.44. The maximum atomic E-state index is 6.44. The predicted octanol–water partition coefficient (Wildman–Crippen LogP) is 5.93. The molecule has 0 spiro atoms. The van der Waals surface area contributed by atoms with Crippen molar-refractivity contribution >= 4 is 39.1 Å². The Labute approximate surface area is 126 Å². The zero-order valence-electron chi connectivity index (χ0n) is 9.96. The number of aryl methyl sites for hydroxylation is 1. The van der Waals surface area contributed by atoms with E-state index in [-0.39, 0.29) is 5.38 Å². The van der Waals surface area contributed by atoms with Gasteiger partial charge in [-0.25, -0.2) is 0 Å². The Balaban J connectivity index is 2.16. The highest BCUT2D eigenvalue weighted by molar-refractivity contribution is 9.10. The van der Waals surface area contributed by atoms with Crippen molar-refractivity contribution in [3.63, 3.8) is 0 Å². The molecule has 2 aromatic rings. The smallest absolute Gasteiger partial charge is 0.0640 e. The van der Waals surface area contributed by atoms with Crippen molar-refractivity contribution in [2.24, 2.45) is 0 Å². The van der Waals surface area contributed by atoms with Gasteiger partial charge in [-0.05, 0) is 36.6 Å². The molecule has 0 amide bonds. The van der Waals surface area contributed by atoms with Crippen LogP contribution >= 0.6 is 39.1 Å². The van der Waals surface area contributed by atoms with Crippen molar-refractivity contribution < 1.29 is 0 Å². The molecule has 0 aliphatic carbocycles. The van der Waals surface area contributed by atoms with Crippen LogP contribution in [0, 0.1) is 6.92 Å². The number of rotatable bonds is 3. The molecule has 0 aromatic heterocycles. The summed E-state index contributed by atoms with van der Waals surface area (Å²) in [7, 11) is 0. The standard InChI is InChI=1S/C15H13BrCl2/c1-10-2-4-11(5-3-10)8-14(17)13-7-6-12(16)9-15(13)18/h2-7,9,14H,8H2,1H3. The van der Waals surface area contributed by atoms with Crippen LogP contribution in [0.4, 0.5) is 0 Å². The minimum atomic E-state index is -0.103. The Kier molecular flexibility index (Phi) is 4.71. The quantitative estimate of drug-likeness (QED) is 0.605. The van der Waals surface area contributed by atoms with Gasteiger partial charge >= 0.3 is 0 Å². The van der Waals surface area contributed by atoms with E-state index in [1.165, 1.54) is 11.1 Å². The number of halogens is 3. The minimum absolute atomic E-state index is 0.103. The molecule has 0 nitrogen and oxygen atoms in total. The first-order chi connectivity index (χ1) is 8.56. The number of benzene rings is 2. The first kappa shape index (κ1) is 13.9. The molecule has 18 heavy (non-hydrogen) atoms. The lowest BCUT2D eigenvalue weighted by Gasteiger charge is -2.12. The van der Waals surface area contributed by atoms with Gasteiger partial charge in [0.2, 0.25) is 0 Å². The summed E-state index contributed by atoms with van der Waals surface area (Å²) >= 11 is 16.0. The van der Waals surface area contributed by atoms with E-state index in [1.54, 1.807) is 0 Å². The van der Waals surface area contributed by atoms with Gasteiger partial charge in [0.1, 0.15) is 0 Å². The number of hydrogen-bond donors (Lipinski definition) is 0. The molecule has 0 N–H and O–H groups in total. The SMILES string of the molecule is Cc1ccc(CC(Cl)c2ccc(Br)cc2Cl)cc1. The Bertz CT molecular complexity index is 535. The summed E-state index contributed by atoms with van der Waals surface area (Å²) in [6.45, 7) is 2.08. The predicted molar refractivity (Wildman–Crippen MR) is 82.6 cm³/mol. The lowest BCUT2D eigenvalue weighted by atomic mass is 10.0. The van der Waals surface area contributed by atoms with Gasteiger partial charge in [-0.2, -0.15) is 0 Å². The topological polar surface area (TPSA) is 0 Å². The molecule has 0 saturated heterocycles. The molecule has 1 atom stereocenters. The number of alkyl halides is 1. The molecular formula is C15H13BrCl2. The number of hydrogen-bond acceptors (Lipinski definition) is 0. The van der Waals surface area contributed by atoms with E-state index in [0.29, 0.717) is 5.02 Å². The Morgan fingerprint density at radius 3 is 2.39 bits per heavy atom. The monoisotopic (exact) mass is 342 g/mol. The van der Waals surface area contributed by atoms with Crippen LogP contribution in [0.2, 0.25) is 5.02 Å². The molecule has 0 aliphatic rings. The third-order valence-electron chi connectivity index (χ3n) is 2.84. The highest BCUT2D eigenvalue weighted by Gasteiger charge is 2.12. The normalized spacial score (nSPS) is 12.4. The van der Waals surface area contributed by atoms with Crippen LogP contribution in [0.3, 0.4) is 0 Å². The molecule has 0 radical (unpaired) electrons. The fraction of sp³-hybridized carbons (Fsp3) is 0.200. The molecule has 2 aromatic carbocycles. The first-order valence-corrected chi connectivity index (χ1v) is 7.31. The van der Waals surface area contributed by atoms with E-state index in [0.717, 1.165) is 16.5 Å². The van der Waals surface area contributed by atoms with Gasteiger partial charge < -0.3 is 0 Å². The maximum Gasteiger partial charge on any atom is 0.0640 e. The molecule has 0 saturated carbocycles. The summed E-state index contributed by atoms with van der Waals surface area (Å²) in [5, 5.41) is 0.602. The van der Waals surface area contributed by atoms with Crippen LogP contribution in [0.15, 0.2) is 46.9 Å². The molecule has 0 fully saturated rings. The lowest BCUT2D eigenvalue weighted by Crippen LogP contribution is -1.97. The second-order valence-corrected chi connectivity index (χ2v) is 6.17. The highest BCUT2D eigenvalue weighted by Crippen LogP contribution is 2.32. The van der Waals surface area contributed by atoms with Crippen molar-refractivity contribution in [2.45, 2.75) is 18.7 Å². The van der Waals surface area contributed by atoms with E-state index in [2.05, 4.69) is 47.1 Å². The highest BCUT2D eigenvalue weighted by atomic mass is 79.9.